The zero-order valence-corrected chi connectivity index (χ0v) is 11.2. The lowest BCUT2D eigenvalue weighted by molar-refractivity contribution is 0.220. The van der Waals surface area contributed by atoms with Crippen molar-refractivity contribution in [2.24, 2.45) is 0 Å². The summed E-state index contributed by atoms with van der Waals surface area (Å²) in [5, 5.41) is 14.8. The second kappa shape index (κ2) is 5.08. The molecule has 0 saturated carbocycles. The molecule has 1 aromatic heterocycles. The molecule has 2 nitrogen and oxygen atoms in total. The van der Waals surface area contributed by atoms with E-state index in [2.05, 4.69) is 0 Å². The van der Waals surface area contributed by atoms with E-state index >= 15 is 0 Å². The summed E-state index contributed by atoms with van der Waals surface area (Å²) in [6.07, 6.45) is -0.681. The van der Waals surface area contributed by atoms with Gasteiger partial charge in [0.2, 0.25) is 0 Å². The maximum absolute atomic E-state index is 10.3. The van der Waals surface area contributed by atoms with Gasteiger partial charge in [-0.15, -0.1) is 0 Å². The van der Waals surface area contributed by atoms with Crippen LogP contribution in [0, 0.1) is 6.92 Å². The first-order valence-corrected chi connectivity index (χ1v) is 6.49. The molecule has 2 aromatic rings. The fraction of sp³-hybridized carbons (Fsp3) is 0.231. The van der Waals surface area contributed by atoms with Gasteiger partial charge in [-0.1, -0.05) is 17.7 Å². The van der Waals surface area contributed by atoms with E-state index in [0.29, 0.717) is 16.3 Å². The minimum Gasteiger partial charge on any atom is -0.497 e. The summed E-state index contributed by atoms with van der Waals surface area (Å²) in [6.45, 7) is 1.98. The number of hydrogen-bond donors (Lipinski definition) is 1. The van der Waals surface area contributed by atoms with Crippen LogP contribution in [0.5, 0.6) is 5.75 Å². The van der Waals surface area contributed by atoms with Crippen molar-refractivity contribution < 1.29 is 9.84 Å². The molecule has 0 fully saturated rings. The molecule has 1 N–H and O–H groups in total. The van der Waals surface area contributed by atoms with Crippen LogP contribution in [-0.4, -0.2) is 12.2 Å². The summed E-state index contributed by atoms with van der Waals surface area (Å²) in [7, 11) is 1.59. The molecule has 90 valence electrons. The molecule has 1 heterocycles. The van der Waals surface area contributed by atoms with E-state index in [-0.39, 0.29) is 0 Å². The Kier molecular flexibility index (Phi) is 3.72. The fourth-order valence-electron chi connectivity index (χ4n) is 1.67. The third kappa shape index (κ3) is 2.46. The van der Waals surface area contributed by atoms with Gasteiger partial charge in [0.1, 0.15) is 11.9 Å². The van der Waals surface area contributed by atoms with E-state index in [4.69, 9.17) is 16.3 Å². The number of benzene rings is 1. The molecule has 17 heavy (non-hydrogen) atoms. The number of halogens is 1. The summed E-state index contributed by atoms with van der Waals surface area (Å²) >= 11 is 7.71. The first-order valence-electron chi connectivity index (χ1n) is 5.17. The summed E-state index contributed by atoms with van der Waals surface area (Å²) in [5.41, 5.74) is 2.69. The van der Waals surface area contributed by atoms with Crippen molar-refractivity contribution in [2.45, 2.75) is 13.0 Å². The Hall–Kier alpha value is -1.03. The average Bonchev–Trinajstić information content (AvgIpc) is 2.74. The highest BCUT2D eigenvalue weighted by atomic mass is 35.5. The third-order valence-electron chi connectivity index (χ3n) is 2.69. The largest absolute Gasteiger partial charge is 0.497 e. The maximum Gasteiger partial charge on any atom is 0.120 e. The topological polar surface area (TPSA) is 29.5 Å². The first-order chi connectivity index (χ1) is 8.13. The summed E-state index contributed by atoms with van der Waals surface area (Å²) < 4.78 is 5.08. The summed E-state index contributed by atoms with van der Waals surface area (Å²) in [5.74, 6) is 0.688. The normalized spacial score (nSPS) is 12.5. The van der Waals surface area contributed by atoms with Crippen LogP contribution in [0.4, 0.5) is 0 Å². The van der Waals surface area contributed by atoms with Gasteiger partial charge in [-0.05, 0) is 40.9 Å². The lowest BCUT2D eigenvalue weighted by Gasteiger charge is -2.13. The Morgan fingerprint density at radius 2 is 2.06 bits per heavy atom. The van der Waals surface area contributed by atoms with Crippen molar-refractivity contribution in [3.05, 3.63) is 50.7 Å². The quantitative estimate of drug-likeness (QED) is 0.917. The molecular weight excluding hydrogens is 256 g/mol. The minimum atomic E-state index is -0.681. The van der Waals surface area contributed by atoms with E-state index in [9.17, 15) is 5.11 Å². The van der Waals surface area contributed by atoms with Crippen LogP contribution in [0.15, 0.2) is 29.0 Å². The van der Waals surface area contributed by atoms with E-state index in [1.807, 2.05) is 17.7 Å². The second-order valence-electron chi connectivity index (χ2n) is 3.80. The van der Waals surface area contributed by atoms with Gasteiger partial charge in [0.05, 0.1) is 12.1 Å². The number of aliphatic hydroxyl groups excluding tert-OH is 1. The molecule has 0 amide bonds. The summed E-state index contributed by atoms with van der Waals surface area (Å²) in [6, 6.07) is 5.30. The predicted molar refractivity (Wildman–Crippen MR) is 71.1 cm³/mol. The van der Waals surface area contributed by atoms with Gasteiger partial charge in [0.15, 0.2) is 0 Å². The van der Waals surface area contributed by atoms with Crippen molar-refractivity contribution in [1.82, 2.24) is 0 Å². The Bertz CT molecular complexity index is 522. The summed E-state index contributed by atoms with van der Waals surface area (Å²) in [4.78, 5) is 0. The highest BCUT2D eigenvalue weighted by molar-refractivity contribution is 7.08. The van der Waals surface area contributed by atoms with Crippen molar-refractivity contribution in [3.63, 3.8) is 0 Å². The molecule has 4 heteroatoms. The highest BCUT2D eigenvalue weighted by Gasteiger charge is 2.16. The van der Waals surface area contributed by atoms with Gasteiger partial charge >= 0.3 is 0 Å². The molecule has 0 aliphatic heterocycles. The lowest BCUT2D eigenvalue weighted by Crippen LogP contribution is -2.01. The number of aliphatic hydroxyl groups is 1. The predicted octanol–water partition coefficient (Wildman–Crippen LogP) is 3.80. The van der Waals surface area contributed by atoms with Gasteiger partial charge < -0.3 is 9.84 Å². The molecule has 0 aliphatic rings. The average molecular weight is 269 g/mol. The molecule has 0 aliphatic carbocycles. The van der Waals surface area contributed by atoms with Crippen molar-refractivity contribution in [2.75, 3.05) is 7.11 Å². The number of ether oxygens (including phenoxy) is 1. The monoisotopic (exact) mass is 268 g/mol. The van der Waals surface area contributed by atoms with Gasteiger partial charge in [-0.2, -0.15) is 11.3 Å². The molecule has 1 aromatic carbocycles. The molecule has 0 saturated heterocycles. The number of aryl methyl sites for hydroxylation is 1. The van der Waals surface area contributed by atoms with Gasteiger partial charge in [0, 0.05) is 5.56 Å². The Labute approximate surface area is 109 Å². The van der Waals surface area contributed by atoms with Gasteiger partial charge in [-0.3, -0.25) is 0 Å². The second-order valence-corrected chi connectivity index (χ2v) is 4.95. The third-order valence-corrected chi connectivity index (χ3v) is 3.90. The van der Waals surface area contributed by atoms with Crippen LogP contribution in [0.1, 0.15) is 22.8 Å². The number of methoxy groups -OCH3 is 1. The van der Waals surface area contributed by atoms with Crippen molar-refractivity contribution in [1.29, 1.82) is 0 Å². The maximum atomic E-state index is 10.3. The Morgan fingerprint density at radius 3 is 2.59 bits per heavy atom. The fourth-order valence-corrected chi connectivity index (χ4v) is 2.82. The van der Waals surface area contributed by atoms with Gasteiger partial charge in [0.25, 0.3) is 0 Å². The Morgan fingerprint density at radius 1 is 1.29 bits per heavy atom. The number of rotatable bonds is 3. The minimum absolute atomic E-state index is 0.516. The zero-order chi connectivity index (χ0) is 12.4. The van der Waals surface area contributed by atoms with Crippen LogP contribution >= 0.6 is 22.9 Å². The van der Waals surface area contributed by atoms with E-state index in [1.165, 1.54) is 0 Å². The van der Waals surface area contributed by atoms with Crippen molar-refractivity contribution in [3.8, 4) is 5.75 Å². The SMILES string of the molecule is COc1ccc(C(O)c2cscc2C)c(Cl)c1. The zero-order valence-electron chi connectivity index (χ0n) is 9.61. The number of thiophene rings is 1. The standard InChI is InChI=1S/C13H13ClO2S/c1-8-6-17-7-11(8)13(15)10-4-3-9(16-2)5-12(10)14/h3-7,13,15H,1-2H3. The molecule has 1 atom stereocenters. The van der Waals surface area contributed by atoms with Gasteiger partial charge in [-0.25, -0.2) is 0 Å². The Balaban J connectivity index is 2.38. The van der Waals surface area contributed by atoms with Crippen LogP contribution in [-0.2, 0) is 0 Å². The van der Waals surface area contributed by atoms with Crippen LogP contribution < -0.4 is 4.74 Å². The van der Waals surface area contributed by atoms with E-state index in [0.717, 1.165) is 11.1 Å². The van der Waals surface area contributed by atoms with Crippen LogP contribution in [0.25, 0.3) is 0 Å². The van der Waals surface area contributed by atoms with Crippen molar-refractivity contribution >= 4 is 22.9 Å². The van der Waals surface area contributed by atoms with Crippen LogP contribution in [0.3, 0.4) is 0 Å². The first kappa shape index (κ1) is 12.4. The van der Waals surface area contributed by atoms with Crippen LogP contribution in [0.2, 0.25) is 5.02 Å². The highest BCUT2D eigenvalue weighted by Crippen LogP contribution is 2.33. The molecule has 2 rings (SSSR count). The molecule has 0 spiro atoms. The lowest BCUT2D eigenvalue weighted by atomic mass is 10.0. The molecule has 0 bridgehead atoms. The molecule has 0 radical (unpaired) electrons. The molecular formula is C13H13ClO2S. The molecule has 1 unspecified atom stereocenters. The number of hydrogen-bond acceptors (Lipinski definition) is 3. The van der Waals surface area contributed by atoms with E-state index < -0.39 is 6.10 Å². The van der Waals surface area contributed by atoms with E-state index in [1.54, 1.807) is 36.6 Å². The smallest absolute Gasteiger partial charge is 0.120 e.